The van der Waals surface area contributed by atoms with Crippen LogP contribution in [-0.4, -0.2) is 27.2 Å². The Balaban J connectivity index is 1.59. The van der Waals surface area contributed by atoms with Crippen LogP contribution >= 0.6 is 11.8 Å². The van der Waals surface area contributed by atoms with Gasteiger partial charge in [0, 0.05) is 42.7 Å². The maximum atomic E-state index is 4.49. The summed E-state index contributed by atoms with van der Waals surface area (Å²) >= 11 is 1.91. The molecule has 2 heterocycles. The van der Waals surface area contributed by atoms with E-state index in [2.05, 4.69) is 72.0 Å². The summed E-state index contributed by atoms with van der Waals surface area (Å²) in [5.41, 5.74) is 3.77. The van der Waals surface area contributed by atoms with Crippen LogP contribution in [-0.2, 0) is 18.5 Å². The van der Waals surface area contributed by atoms with Crippen molar-refractivity contribution >= 4 is 11.8 Å². The summed E-state index contributed by atoms with van der Waals surface area (Å²) in [4.78, 5) is 12.7. The highest BCUT2D eigenvalue weighted by molar-refractivity contribution is 7.99. The average Bonchev–Trinajstić information content (AvgIpc) is 2.69. The zero-order valence-corrected chi connectivity index (χ0v) is 17.8. The van der Waals surface area contributed by atoms with Crippen LogP contribution < -0.4 is 0 Å². The van der Waals surface area contributed by atoms with Gasteiger partial charge in [0.2, 0.25) is 0 Å². The molecule has 3 aromatic rings. The molecule has 0 aliphatic carbocycles. The smallest absolute Gasteiger partial charge is 0.0544 e. The SMILES string of the molecule is CC(C)(C)c1ccc(SCCN(Cc2ccccn2)Cc2ccccn2)cc1. The maximum Gasteiger partial charge on any atom is 0.0544 e. The summed E-state index contributed by atoms with van der Waals surface area (Å²) in [5, 5.41) is 0. The predicted octanol–water partition coefficient (Wildman–Crippen LogP) is 5.57. The quantitative estimate of drug-likeness (QED) is 0.470. The number of hydrogen-bond acceptors (Lipinski definition) is 4. The summed E-state index contributed by atoms with van der Waals surface area (Å²) in [5.74, 6) is 1.04. The van der Waals surface area contributed by atoms with Gasteiger partial charge >= 0.3 is 0 Å². The van der Waals surface area contributed by atoms with Gasteiger partial charge in [-0.2, -0.15) is 0 Å². The number of pyridine rings is 2. The molecule has 0 spiro atoms. The van der Waals surface area contributed by atoms with E-state index in [-0.39, 0.29) is 5.41 Å². The standard InChI is InChI=1S/C24H29N3S/c1-24(2,3)20-10-12-23(13-11-20)28-17-16-27(18-21-8-4-6-14-25-21)19-22-9-5-7-15-26-22/h4-15H,16-19H2,1-3H3. The molecular formula is C24H29N3S. The van der Waals surface area contributed by atoms with E-state index in [4.69, 9.17) is 0 Å². The number of thioether (sulfide) groups is 1. The van der Waals surface area contributed by atoms with Crippen LogP contribution in [0.5, 0.6) is 0 Å². The van der Waals surface area contributed by atoms with Crippen molar-refractivity contribution in [1.29, 1.82) is 0 Å². The Labute approximate surface area is 173 Å². The molecule has 28 heavy (non-hydrogen) atoms. The molecule has 1 aromatic carbocycles. The van der Waals surface area contributed by atoms with Crippen LogP contribution in [0.3, 0.4) is 0 Å². The highest BCUT2D eigenvalue weighted by Gasteiger charge is 2.13. The van der Waals surface area contributed by atoms with Crippen molar-refractivity contribution in [2.24, 2.45) is 0 Å². The minimum atomic E-state index is 0.200. The first-order valence-corrected chi connectivity index (χ1v) is 10.7. The van der Waals surface area contributed by atoms with Crippen LogP contribution in [0, 0.1) is 0 Å². The third kappa shape index (κ3) is 6.47. The zero-order chi connectivity index (χ0) is 19.8. The molecule has 3 nitrogen and oxygen atoms in total. The van der Waals surface area contributed by atoms with Crippen LogP contribution in [0.1, 0.15) is 37.7 Å². The van der Waals surface area contributed by atoms with E-state index in [0.717, 1.165) is 36.8 Å². The van der Waals surface area contributed by atoms with Gasteiger partial charge in [0.1, 0.15) is 0 Å². The number of nitrogens with zero attached hydrogens (tertiary/aromatic N) is 3. The molecule has 0 saturated carbocycles. The summed E-state index contributed by atoms with van der Waals surface area (Å²) < 4.78 is 0. The topological polar surface area (TPSA) is 29.0 Å². The first kappa shape index (κ1) is 20.6. The third-order valence-electron chi connectivity index (χ3n) is 4.62. The molecule has 0 saturated heterocycles. The van der Waals surface area contributed by atoms with Crippen LogP contribution in [0.15, 0.2) is 78.0 Å². The lowest BCUT2D eigenvalue weighted by molar-refractivity contribution is 0.267. The molecule has 0 N–H and O–H groups in total. The van der Waals surface area contributed by atoms with E-state index in [1.165, 1.54) is 10.5 Å². The first-order valence-electron chi connectivity index (χ1n) is 9.76. The highest BCUT2D eigenvalue weighted by atomic mass is 32.2. The first-order chi connectivity index (χ1) is 13.5. The van der Waals surface area contributed by atoms with Gasteiger partial charge in [-0.05, 0) is 47.4 Å². The zero-order valence-electron chi connectivity index (χ0n) is 17.0. The molecule has 0 aliphatic rings. The van der Waals surface area contributed by atoms with Gasteiger partial charge < -0.3 is 0 Å². The lowest BCUT2D eigenvalue weighted by atomic mass is 9.87. The normalized spacial score (nSPS) is 11.7. The summed E-state index contributed by atoms with van der Waals surface area (Å²) in [7, 11) is 0. The average molecular weight is 392 g/mol. The van der Waals surface area contributed by atoms with Gasteiger partial charge in [-0.15, -0.1) is 11.8 Å². The highest BCUT2D eigenvalue weighted by Crippen LogP contribution is 2.25. The third-order valence-corrected chi connectivity index (χ3v) is 5.61. The molecule has 0 bridgehead atoms. The van der Waals surface area contributed by atoms with Gasteiger partial charge in [0.15, 0.2) is 0 Å². The Bertz CT molecular complexity index is 786. The number of hydrogen-bond donors (Lipinski definition) is 0. The van der Waals surface area contributed by atoms with Gasteiger partial charge in [0.05, 0.1) is 11.4 Å². The lowest BCUT2D eigenvalue weighted by Crippen LogP contribution is -2.26. The molecule has 4 heteroatoms. The van der Waals surface area contributed by atoms with Gasteiger partial charge in [-0.25, -0.2) is 0 Å². The summed E-state index contributed by atoms with van der Waals surface area (Å²) in [6.07, 6.45) is 3.72. The molecule has 0 fully saturated rings. The van der Waals surface area contributed by atoms with Crippen molar-refractivity contribution < 1.29 is 0 Å². The fourth-order valence-electron chi connectivity index (χ4n) is 3.00. The second-order valence-corrected chi connectivity index (χ2v) is 9.14. The van der Waals surface area contributed by atoms with Gasteiger partial charge in [-0.1, -0.05) is 45.0 Å². The fraction of sp³-hybridized carbons (Fsp3) is 0.333. The Morgan fingerprint density at radius 1 is 0.786 bits per heavy atom. The molecule has 0 unspecified atom stereocenters. The van der Waals surface area contributed by atoms with Crippen molar-refractivity contribution in [3.63, 3.8) is 0 Å². The minimum absolute atomic E-state index is 0.200. The Morgan fingerprint density at radius 2 is 1.36 bits per heavy atom. The molecule has 0 radical (unpaired) electrons. The predicted molar refractivity (Wildman–Crippen MR) is 118 cm³/mol. The number of rotatable bonds is 8. The lowest BCUT2D eigenvalue weighted by Gasteiger charge is -2.22. The van der Waals surface area contributed by atoms with Crippen molar-refractivity contribution in [2.75, 3.05) is 12.3 Å². The monoisotopic (exact) mass is 391 g/mol. The van der Waals surface area contributed by atoms with Gasteiger partial charge in [-0.3, -0.25) is 14.9 Å². The van der Waals surface area contributed by atoms with E-state index in [1.54, 1.807) is 0 Å². The molecule has 0 aliphatic heterocycles. The van der Waals surface area contributed by atoms with E-state index >= 15 is 0 Å². The van der Waals surface area contributed by atoms with E-state index in [9.17, 15) is 0 Å². The molecule has 146 valence electrons. The second-order valence-electron chi connectivity index (χ2n) is 7.98. The molecule has 3 rings (SSSR count). The van der Waals surface area contributed by atoms with Crippen molar-refractivity contribution in [3.8, 4) is 0 Å². The van der Waals surface area contributed by atoms with Crippen molar-refractivity contribution in [3.05, 3.63) is 90.0 Å². The molecule has 0 amide bonds. The van der Waals surface area contributed by atoms with Crippen LogP contribution in [0.25, 0.3) is 0 Å². The largest absolute Gasteiger partial charge is 0.291 e. The number of aromatic nitrogens is 2. The van der Waals surface area contributed by atoms with Crippen LogP contribution in [0.4, 0.5) is 0 Å². The Hall–Kier alpha value is -2.17. The molecular weight excluding hydrogens is 362 g/mol. The van der Waals surface area contributed by atoms with Crippen molar-refractivity contribution in [2.45, 2.75) is 44.2 Å². The molecule has 2 aromatic heterocycles. The van der Waals surface area contributed by atoms with E-state index < -0.39 is 0 Å². The number of benzene rings is 1. The van der Waals surface area contributed by atoms with Gasteiger partial charge in [0.25, 0.3) is 0 Å². The maximum absolute atomic E-state index is 4.49. The Kier molecular flexibility index (Phi) is 7.24. The Morgan fingerprint density at radius 3 is 1.82 bits per heavy atom. The minimum Gasteiger partial charge on any atom is -0.291 e. The van der Waals surface area contributed by atoms with Crippen molar-refractivity contribution in [1.82, 2.24) is 14.9 Å². The van der Waals surface area contributed by atoms with Crippen LogP contribution in [0.2, 0.25) is 0 Å². The van der Waals surface area contributed by atoms with E-state index in [0.29, 0.717) is 0 Å². The summed E-state index contributed by atoms with van der Waals surface area (Å²) in [6.45, 7) is 9.41. The molecule has 0 atom stereocenters. The second kappa shape index (κ2) is 9.85. The van der Waals surface area contributed by atoms with E-state index in [1.807, 2.05) is 48.4 Å². The summed E-state index contributed by atoms with van der Waals surface area (Å²) in [6, 6.07) is 21.2. The fourth-order valence-corrected chi connectivity index (χ4v) is 3.91.